The molecule has 0 radical (unpaired) electrons. The Kier molecular flexibility index (Phi) is 5.10. The largest absolute Gasteiger partial charge is 0.337 e. The second-order valence-corrected chi connectivity index (χ2v) is 7.20. The summed E-state index contributed by atoms with van der Waals surface area (Å²) in [4.78, 5) is 36.2. The van der Waals surface area contributed by atoms with Gasteiger partial charge >= 0.3 is 0 Å². The van der Waals surface area contributed by atoms with E-state index in [2.05, 4.69) is 19.9 Å². The van der Waals surface area contributed by atoms with Crippen LogP contribution < -0.4 is 0 Å². The Labute approximate surface area is 163 Å². The van der Waals surface area contributed by atoms with Gasteiger partial charge in [-0.05, 0) is 32.1 Å². The monoisotopic (exact) mass is 377 g/mol. The number of aromatic nitrogens is 6. The van der Waals surface area contributed by atoms with Crippen LogP contribution in [0.4, 0.5) is 0 Å². The molecule has 1 atom stereocenters. The maximum atomic E-state index is 12.7. The molecule has 4 rings (SSSR count). The Morgan fingerprint density at radius 1 is 1.14 bits per heavy atom. The van der Waals surface area contributed by atoms with E-state index in [0.717, 1.165) is 48.7 Å². The first-order chi connectivity index (χ1) is 13.6. The molecule has 1 amide bonds. The first-order valence-corrected chi connectivity index (χ1v) is 9.46. The molecule has 0 N–H and O–H groups in total. The molecule has 0 aromatic carbocycles. The molecule has 0 unspecified atom stereocenters. The zero-order valence-electron chi connectivity index (χ0n) is 16.1. The van der Waals surface area contributed by atoms with E-state index in [0.29, 0.717) is 18.2 Å². The number of aryl methyl sites for hydroxylation is 1. The van der Waals surface area contributed by atoms with Gasteiger partial charge in [0.05, 0.1) is 30.0 Å². The highest BCUT2D eigenvalue weighted by molar-refractivity contribution is 5.92. The summed E-state index contributed by atoms with van der Waals surface area (Å²) in [6.45, 7) is 3.42. The van der Waals surface area contributed by atoms with Crippen LogP contribution >= 0.6 is 0 Å². The molecule has 0 saturated carbocycles. The van der Waals surface area contributed by atoms with Crippen LogP contribution in [0.25, 0.3) is 11.4 Å². The van der Waals surface area contributed by atoms with Crippen molar-refractivity contribution in [3.05, 3.63) is 54.4 Å². The number of nitrogens with zero attached hydrogens (tertiary/aromatic N) is 7. The fourth-order valence-corrected chi connectivity index (χ4v) is 3.65. The van der Waals surface area contributed by atoms with Gasteiger partial charge in [0.1, 0.15) is 17.2 Å². The highest BCUT2D eigenvalue weighted by Crippen LogP contribution is 2.23. The number of carbonyl (C=O) groups is 1. The fraction of sp³-hybridized carbons (Fsp3) is 0.400. The van der Waals surface area contributed by atoms with Gasteiger partial charge in [0.25, 0.3) is 5.91 Å². The van der Waals surface area contributed by atoms with Crippen molar-refractivity contribution in [3.8, 4) is 11.4 Å². The number of imidazole rings is 1. The van der Waals surface area contributed by atoms with Crippen molar-refractivity contribution in [1.29, 1.82) is 0 Å². The zero-order valence-corrected chi connectivity index (χ0v) is 16.1. The number of likely N-dealkylation sites (tertiary alicyclic amines) is 1. The van der Waals surface area contributed by atoms with E-state index in [1.54, 1.807) is 18.6 Å². The van der Waals surface area contributed by atoms with Crippen molar-refractivity contribution in [2.75, 3.05) is 13.1 Å². The molecule has 1 aliphatic rings. The minimum absolute atomic E-state index is 0.0528. The maximum Gasteiger partial charge on any atom is 0.274 e. The van der Waals surface area contributed by atoms with Gasteiger partial charge in [0.2, 0.25) is 0 Å². The minimum Gasteiger partial charge on any atom is -0.337 e. The van der Waals surface area contributed by atoms with Crippen LogP contribution in [-0.2, 0) is 13.5 Å². The molecule has 1 saturated heterocycles. The average molecular weight is 377 g/mol. The van der Waals surface area contributed by atoms with Crippen LogP contribution in [0.1, 0.15) is 34.8 Å². The van der Waals surface area contributed by atoms with Gasteiger partial charge in [-0.2, -0.15) is 0 Å². The van der Waals surface area contributed by atoms with Crippen LogP contribution in [-0.4, -0.2) is 53.4 Å². The second-order valence-electron chi connectivity index (χ2n) is 7.20. The summed E-state index contributed by atoms with van der Waals surface area (Å²) in [7, 11) is 1.98. The standard InChI is InChI=1S/C20H23N7O/c1-14-24-12-19(26(14)2)17-10-22-9-16(25-17)8-15-4-3-7-27(13-15)20(28)18-11-21-5-6-23-18/h5-6,9-12,15H,3-4,7-8,13H2,1-2H3/t15-/m0/s1. The SMILES string of the molecule is Cc1ncc(-c2cncc(C[C@@H]3CCCN(C(=O)c4cnccn4)C3)n2)n1C. The molecule has 3 aromatic heterocycles. The summed E-state index contributed by atoms with van der Waals surface area (Å²) in [6, 6.07) is 0. The lowest BCUT2D eigenvalue weighted by Crippen LogP contribution is -2.41. The predicted molar refractivity (Wildman–Crippen MR) is 103 cm³/mol. The molecule has 8 heteroatoms. The summed E-state index contributed by atoms with van der Waals surface area (Å²) >= 11 is 0. The van der Waals surface area contributed by atoms with Crippen molar-refractivity contribution in [1.82, 2.24) is 34.4 Å². The second kappa shape index (κ2) is 7.84. The van der Waals surface area contributed by atoms with E-state index in [-0.39, 0.29) is 5.91 Å². The van der Waals surface area contributed by atoms with Crippen molar-refractivity contribution in [3.63, 3.8) is 0 Å². The van der Waals surface area contributed by atoms with E-state index in [1.165, 1.54) is 6.20 Å². The van der Waals surface area contributed by atoms with E-state index < -0.39 is 0 Å². The highest BCUT2D eigenvalue weighted by atomic mass is 16.2. The lowest BCUT2D eigenvalue weighted by molar-refractivity contribution is 0.0666. The van der Waals surface area contributed by atoms with Crippen LogP contribution in [0.3, 0.4) is 0 Å². The van der Waals surface area contributed by atoms with E-state index >= 15 is 0 Å². The molecule has 1 aliphatic heterocycles. The van der Waals surface area contributed by atoms with E-state index in [1.807, 2.05) is 35.8 Å². The van der Waals surface area contributed by atoms with Crippen molar-refractivity contribution >= 4 is 5.91 Å². The van der Waals surface area contributed by atoms with Crippen LogP contribution in [0.2, 0.25) is 0 Å². The van der Waals surface area contributed by atoms with Crippen LogP contribution in [0, 0.1) is 12.8 Å². The van der Waals surface area contributed by atoms with Gasteiger partial charge in [0, 0.05) is 38.7 Å². The fourth-order valence-electron chi connectivity index (χ4n) is 3.65. The number of carbonyl (C=O) groups excluding carboxylic acids is 1. The van der Waals surface area contributed by atoms with Gasteiger partial charge in [-0.3, -0.25) is 14.8 Å². The Hall–Kier alpha value is -3.16. The first kappa shape index (κ1) is 18.2. The summed E-state index contributed by atoms with van der Waals surface area (Å²) in [5.41, 5.74) is 3.12. The maximum absolute atomic E-state index is 12.7. The van der Waals surface area contributed by atoms with Crippen molar-refractivity contribution in [2.45, 2.75) is 26.2 Å². The number of amides is 1. The van der Waals surface area contributed by atoms with E-state index in [9.17, 15) is 4.79 Å². The Bertz CT molecular complexity index is 970. The number of rotatable bonds is 4. The molecule has 1 fully saturated rings. The molecule has 0 bridgehead atoms. The van der Waals surface area contributed by atoms with Crippen LogP contribution in [0.5, 0.6) is 0 Å². The lowest BCUT2D eigenvalue weighted by atomic mass is 9.93. The summed E-state index contributed by atoms with van der Waals surface area (Å²) in [6.07, 6.45) is 12.9. The smallest absolute Gasteiger partial charge is 0.274 e. The Morgan fingerprint density at radius 3 is 2.79 bits per heavy atom. The Balaban J connectivity index is 1.46. The molecular formula is C20H23N7O. The lowest BCUT2D eigenvalue weighted by Gasteiger charge is -2.32. The number of piperidine rings is 1. The average Bonchev–Trinajstić information content (AvgIpc) is 3.07. The van der Waals surface area contributed by atoms with Crippen molar-refractivity contribution < 1.29 is 4.79 Å². The third-order valence-corrected chi connectivity index (χ3v) is 5.25. The molecule has 8 nitrogen and oxygen atoms in total. The van der Waals surface area contributed by atoms with E-state index in [4.69, 9.17) is 4.98 Å². The Morgan fingerprint density at radius 2 is 2.04 bits per heavy atom. The third kappa shape index (κ3) is 3.76. The third-order valence-electron chi connectivity index (χ3n) is 5.25. The molecule has 28 heavy (non-hydrogen) atoms. The van der Waals surface area contributed by atoms with Crippen molar-refractivity contribution in [2.24, 2.45) is 13.0 Å². The van der Waals surface area contributed by atoms with Gasteiger partial charge < -0.3 is 9.47 Å². The summed E-state index contributed by atoms with van der Waals surface area (Å²) < 4.78 is 2.01. The molecular weight excluding hydrogens is 354 g/mol. The first-order valence-electron chi connectivity index (χ1n) is 9.46. The molecule has 0 aliphatic carbocycles. The van der Waals surface area contributed by atoms with Gasteiger partial charge in [-0.15, -0.1) is 0 Å². The summed E-state index contributed by atoms with van der Waals surface area (Å²) in [5.74, 6) is 1.24. The van der Waals surface area contributed by atoms with Gasteiger partial charge in [-0.25, -0.2) is 15.0 Å². The van der Waals surface area contributed by atoms with Gasteiger partial charge in [0.15, 0.2) is 0 Å². The zero-order chi connectivity index (χ0) is 19.5. The molecule has 3 aromatic rings. The minimum atomic E-state index is -0.0528. The number of hydrogen-bond acceptors (Lipinski definition) is 6. The topological polar surface area (TPSA) is 89.7 Å². The quantitative estimate of drug-likeness (QED) is 0.691. The van der Waals surface area contributed by atoms with Crippen LogP contribution in [0.15, 0.2) is 37.2 Å². The normalized spacial score (nSPS) is 16.9. The summed E-state index contributed by atoms with van der Waals surface area (Å²) in [5, 5.41) is 0. The number of hydrogen-bond donors (Lipinski definition) is 0. The highest BCUT2D eigenvalue weighted by Gasteiger charge is 2.26. The molecule has 144 valence electrons. The van der Waals surface area contributed by atoms with Gasteiger partial charge in [-0.1, -0.05) is 0 Å². The molecule has 4 heterocycles. The predicted octanol–water partition coefficient (Wildman–Crippen LogP) is 2.07. The molecule has 0 spiro atoms.